The van der Waals surface area contributed by atoms with Gasteiger partial charge >= 0.3 is 0 Å². The number of nitrogens with one attached hydrogen (secondary N) is 1. The summed E-state index contributed by atoms with van der Waals surface area (Å²) < 4.78 is 11.2. The van der Waals surface area contributed by atoms with Crippen molar-refractivity contribution >= 4 is 0 Å². The van der Waals surface area contributed by atoms with Gasteiger partial charge in [-0.15, -0.1) is 0 Å². The molecule has 17 heavy (non-hydrogen) atoms. The average Bonchev–Trinajstić information content (AvgIpc) is 2.96. The summed E-state index contributed by atoms with van der Waals surface area (Å²) in [6.07, 6.45) is 7.97. The molecule has 0 aromatic carbocycles. The summed E-state index contributed by atoms with van der Waals surface area (Å²) in [4.78, 5) is 0. The van der Waals surface area contributed by atoms with E-state index in [1.165, 1.54) is 25.7 Å². The Kier molecular flexibility index (Phi) is 5.22. The predicted octanol–water partition coefficient (Wildman–Crippen LogP) is 1.59. The Bertz CT molecular complexity index is 219. The Morgan fingerprint density at radius 2 is 2.18 bits per heavy atom. The Labute approximate surface area is 104 Å². The first-order valence-electron chi connectivity index (χ1n) is 7.00. The zero-order chi connectivity index (χ0) is 12.1. The van der Waals surface area contributed by atoms with Gasteiger partial charge in [0.15, 0.2) is 0 Å². The minimum absolute atomic E-state index is 0.346. The maximum absolute atomic E-state index is 5.67. The van der Waals surface area contributed by atoms with Crippen molar-refractivity contribution in [1.82, 2.24) is 5.43 Å². The molecule has 0 amide bonds. The number of rotatable bonds is 6. The van der Waals surface area contributed by atoms with Crippen LogP contribution in [-0.2, 0) is 9.47 Å². The topological polar surface area (TPSA) is 56.5 Å². The monoisotopic (exact) mass is 242 g/mol. The van der Waals surface area contributed by atoms with Crippen LogP contribution in [0.5, 0.6) is 0 Å². The normalized spacial score (nSPS) is 35.3. The molecule has 0 bridgehead atoms. The molecule has 4 atom stereocenters. The third-order valence-corrected chi connectivity index (χ3v) is 4.23. The molecule has 4 nitrogen and oxygen atoms in total. The molecule has 0 aliphatic carbocycles. The van der Waals surface area contributed by atoms with E-state index in [9.17, 15) is 0 Å². The molecule has 0 aromatic heterocycles. The molecule has 0 spiro atoms. The SMILES string of the molecule is CC1OCCC1C(CCCC1CCCO1)NN. The van der Waals surface area contributed by atoms with Crippen LogP contribution in [0.15, 0.2) is 0 Å². The van der Waals surface area contributed by atoms with Crippen LogP contribution < -0.4 is 11.3 Å². The first-order valence-corrected chi connectivity index (χ1v) is 7.00. The Hall–Kier alpha value is -0.160. The largest absolute Gasteiger partial charge is 0.378 e. The van der Waals surface area contributed by atoms with Gasteiger partial charge < -0.3 is 9.47 Å². The summed E-state index contributed by atoms with van der Waals surface area (Å²) in [7, 11) is 0. The van der Waals surface area contributed by atoms with Gasteiger partial charge in [0, 0.05) is 25.2 Å². The van der Waals surface area contributed by atoms with Gasteiger partial charge in [-0.3, -0.25) is 11.3 Å². The molecule has 2 aliphatic heterocycles. The van der Waals surface area contributed by atoms with Gasteiger partial charge in [0.25, 0.3) is 0 Å². The van der Waals surface area contributed by atoms with Crippen LogP contribution in [0.1, 0.15) is 45.4 Å². The highest BCUT2D eigenvalue weighted by molar-refractivity contribution is 4.83. The molecule has 2 saturated heterocycles. The van der Waals surface area contributed by atoms with Crippen LogP contribution >= 0.6 is 0 Å². The van der Waals surface area contributed by atoms with Crippen molar-refractivity contribution in [3.63, 3.8) is 0 Å². The van der Waals surface area contributed by atoms with Gasteiger partial charge in [-0.25, -0.2) is 0 Å². The molecular weight excluding hydrogens is 216 g/mol. The fourth-order valence-electron chi connectivity index (χ4n) is 3.14. The minimum atomic E-state index is 0.346. The maximum atomic E-state index is 5.67. The Balaban J connectivity index is 1.67. The third-order valence-electron chi connectivity index (χ3n) is 4.23. The minimum Gasteiger partial charge on any atom is -0.378 e. The molecule has 2 heterocycles. The van der Waals surface area contributed by atoms with Crippen molar-refractivity contribution in [3.05, 3.63) is 0 Å². The van der Waals surface area contributed by atoms with E-state index < -0.39 is 0 Å². The lowest BCUT2D eigenvalue weighted by atomic mass is 9.90. The smallest absolute Gasteiger partial charge is 0.0591 e. The highest BCUT2D eigenvalue weighted by Crippen LogP contribution is 2.27. The van der Waals surface area contributed by atoms with Crippen molar-refractivity contribution < 1.29 is 9.47 Å². The van der Waals surface area contributed by atoms with E-state index >= 15 is 0 Å². The van der Waals surface area contributed by atoms with Crippen molar-refractivity contribution in [3.8, 4) is 0 Å². The summed E-state index contributed by atoms with van der Waals surface area (Å²) in [5, 5.41) is 0. The standard InChI is InChI=1S/C13H26N2O2/c1-10-12(7-9-16-10)13(15-14)6-2-4-11-5-3-8-17-11/h10-13,15H,2-9,14H2,1H3. The van der Waals surface area contributed by atoms with E-state index in [-0.39, 0.29) is 0 Å². The Morgan fingerprint density at radius 3 is 2.76 bits per heavy atom. The molecule has 2 rings (SSSR count). The van der Waals surface area contributed by atoms with Crippen LogP contribution in [0.3, 0.4) is 0 Å². The van der Waals surface area contributed by atoms with Gasteiger partial charge in [0.1, 0.15) is 0 Å². The summed E-state index contributed by atoms with van der Waals surface area (Å²) in [5.74, 6) is 6.25. The fourth-order valence-corrected chi connectivity index (χ4v) is 3.14. The van der Waals surface area contributed by atoms with E-state index in [0.29, 0.717) is 24.2 Å². The zero-order valence-corrected chi connectivity index (χ0v) is 10.9. The predicted molar refractivity (Wildman–Crippen MR) is 67.5 cm³/mol. The van der Waals surface area contributed by atoms with E-state index in [1.807, 2.05) is 0 Å². The summed E-state index contributed by atoms with van der Waals surface area (Å²) in [6, 6.07) is 0.397. The summed E-state index contributed by atoms with van der Waals surface area (Å²) in [6.45, 7) is 3.99. The first kappa shape index (κ1) is 13.3. The van der Waals surface area contributed by atoms with Gasteiger partial charge in [-0.1, -0.05) is 0 Å². The number of hydrazine groups is 1. The van der Waals surface area contributed by atoms with Crippen molar-refractivity contribution in [2.75, 3.05) is 13.2 Å². The second kappa shape index (κ2) is 6.69. The average molecular weight is 242 g/mol. The third kappa shape index (κ3) is 3.65. The summed E-state index contributed by atoms with van der Waals surface area (Å²) in [5.41, 5.74) is 2.98. The lowest BCUT2D eigenvalue weighted by molar-refractivity contribution is 0.0885. The highest BCUT2D eigenvalue weighted by atomic mass is 16.5. The maximum Gasteiger partial charge on any atom is 0.0591 e. The molecule has 4 unspecified atom stereocenters. The van der Waals surface area contributed by atoms with Crippen LogP contribution in [0.2, 0.25) is 0 Å². The first-order chi connectivity index (χ1) is 8.31. The second-order valence-corrected chi connectivity index (χ2v) is 5.37. The molecule has 2 fully saturated rings. The molecule has 4 heteroatoms. The molecule has 2 aliphatic rings. The lowest BCUT2D eigenvalue weighted by Crippen LogP contribution is -2.43. The molecule has 0 saturated carbocycles. The van der Waals surface area contributed by atoms with Crippen molar-refractivity contribution in [2.24, 2.45) is 11.8 Å². The Morgan fingerprint density at radius 1 is 1.29 bits per heavy atom. The van der Waals surface area contributed by atoms with Gasteiger partial charge in [-0.05, 0) is 45.4 Å². The molecular formula is C13H26N2O2. The van der Waals surface area contributed by atoms with E-state index in [0.717, 1.165) is 26.1 Å². The van der Waals surface area contributed by atoms with Crippen molar-refractivity contribution in [1.29, 1.82) is 0 Å². The second-order valence-electron chi connectivity index (χ2n) is 5.37. The van der Waals surface area contributed by atoms with Crippen LogP contribution in [0, 0.1) is 5.92 Å². The van der Waals surface area contributed by atoms with Gasteiger partial charge in [-0.2, -0.15) is 0 Å². The lowest BCUT2D eigenvalue weighted by Gasteiger charge is -2.25. The van der Waals surface area contributed by atoms with E-state index in [1.54, 1.807) is 0 Å². The highest BCUT2D eigenvalue weighted by Gasteiger charge is 2.31. The van der Waals surface area contributed by atoms with Crippen LogP contribution in [0.4, 0.5) is 0 Å². The number of hydrogen-bond acceptors (Lipinski definition) is 4. The van der Waals surface area contributed by atoms with E-state index in [4.69, 9.17) is 15.3 Å². The number of hydrogen-bond donors (Lipinski definition) is 2. The molecule has 0 radical (unpaired) electrons. The number of ether oxygens (including phenoxy) is 2. The van der Waals surface area contributed by atoms with Crippen molar-refractivity contribution in [2.45, 2.75) is 63.7 Å². The molecule has 3 N–H and O–H groups in total. The fraction of sp³-hybridized carbons (Fsp3) is 1.00. The van der Waals surface area contributed by atoms with Crippen LogP contribution in [0.25, 0.3) is 0 Å². The molecule has 0 aromatic rings. The van der Waals surface area contributed by atoms with Gasteiger partial charge in [0.05, 0.1) is 12.2 Å². The zero-order valence-electron chi connectivity index (χ0n) is 10.9. The molecule has 100 valence electrons. The summed E-state index contributed by atoms with van der Waals surface area (Å²) >= 11 is 0. The quantitative estimate of drug-likeness (QED) is 0.548. The number of nitrogens with two attached hydrogens (primary N) is 1. The van der Waals surface area contributed by atoms with Gasteiger partial charge in [0.2, 0.25) is 0 Å². The van der Waals surface area contributed by atoms with Crippen LogP contribution in [-0.4, -0.2) is 31.5 Å². The van der Waals surface area contributed by atoms with E-state index in [2.05, 4.69) is 12.3 Å².